The van der Waals surface area contributed by atoms with E-state index in [1.165, 1.54) is 0 Å². The Balaban J connectivity index is 2.28. The number of rotatable bonds is 6. The summed E-state index contributed by atoms with van der Waals surface area (Å²) >= 11 is 0. The summed E-state index contributed by atoms with van der Waals surface area (Å²) in [5.74, 6) is 0.0456. The quantitative estimate of drug-likeness (QED) is 0.320. The fourth-order valence-electron chi connectivity index (χ4n) is 1.57. The highest BCUT2D eigenvalue weighted by molar-refractivity contribution is 6.60. The molecule has 0 aromatic heterocycles. The molecule has 1 rings (SSSR count). The van der Waals surface area contributed by atoms with Crippen LogP contribution in [-0.2, 0) is 22.8 Å². The number of carbonyl (C=O) groups excluding carboxylic acids is 1. The Labute approximate surface area is 109 Å². The number of hydrogen-bond acceptors (Lipinski definition) is 5. The first kappa shape index (κ1) is 15.4. The van der Waals surface area contributed by atoms with Crippen molar-refractivity contribution in [2.75, 3.05) is 26.9 Å². The Morgan fingerprint density at radius 3 is 2.56 bits per heavy atom. The number of hydrogen-bond donors (Lipinski definition) is 0. The van der Waals surface area contributed by atoms with E-state index in [-0.39, 0.29) is 5.97 Å². The first-order chi connectivity index (χ1) is 8.49. The van der Waals surface area contributed by atoms with E-state index in [0.29, 0.717) is 43.8 Å². The summed E-state index contributed by atoms with van der Waals surface area (Å²) < 4.78 is 21.9. The van der Waals surface area contributed by atoms with Crippen molar-refractivity contribution in [2.45, 2.75) is 26.3 Å². The third-order valence-corrected chi connectivity index (χ3v) is 5.50. The van der Waals surface area contributed by atoms with Crippen molar-refractivity contribution in [1.82, 2.24) is 0 Å². The Bertz CT molecular complexity index is 297. The molecule has 0 spiro atoms. The predicted molar refractivity (Wildman–Crippen MR) is 69.0 cm³/mol. The second-order valence-corrected chi connectivity index (χ2v) is 7.49. The van der Waals surface area contributed by atoms with Gasteiger partial charge in [0.15, 0.2) is 0 Å². The highest BCUT2D eigenvalue weighted by Crippen LogP contribution is 2.23. The Morgan fingerprint density at radius 1 is 1.44 bits per heavy atom. The highest BCUT2D eigenvalue weighted by atomic mass is 28.4. The summed E-state index contributed by atoms with van der Waals surface area (Å²) in [5.41, 5.74) is 0.410. The minimum atomic E-state index is -2.51. The number of ether oxygens (including phenoxy) is 1. The molecular formula is C12H22O5Si. The molecule has 1 heterocycles. The van der Waals surface area contributed by atoms with Gasteiger partial charge in [-0.05, 0) is 13.3 Å². The van der Waals surface area contributed by atoms with Gasteiger partial charge in [-0.15, -0.1) is 0 Å². The third kappa shape index (κ3) is 4.53. The zero-order valence-corrected chi connectivity index (χ0v) is 12.4. The van der Waals surface area contributed by atoms with E-state index in [2.05, 4.69) is 13.5 Å². The van der Waals surface area contributed by atoms with Gasteiger partial charge in [0.25, 0.3) is 0 Å². The topological polar surface area (TPSA) is 54.0 Å². The summed E-state index contributed by atoms with van der Waals surface area (Å²) in [6, 6.07) is 0.666. The van der Waals surface area contributed by atoms with Gasteiger partial charge < -0.3 is 18.0 Å². The fraction of sp³-hybridized carbons (Fsp3) is 0.750. The van der Waals surface area contributed by atoms with Crippen molar-refractivity contribution >= 4 is 14.8 Å². The lowest BCUT2D eigenvalue weighted by Gasteiger charge is -2.34. The van der Waals surface area contributed by atoms with Crippen LogP contribution in [0.3, 0.4) is 0 Å². The number of esters is 1. The molecule has 5 nitrogen and oxygen atoms in total. The van der Waals surface area contributed by atoms with Crippen molar-refractivity contribution in [3.63, 3.8) is 0 Å². The zero-order chi connectivity index (χ0) is 13.6. The van der Waals surface area contributed by atoms with Crippen LogP contribution in [0.2, 0.25) is 6.04 Å². The average Bonchev–Trinajstić information content (AvgIpc) is 2.37. The summed E-state index contributed by atoms with van der Waals surface area (Å²) in [7, 11) is -0.898. The minimum Gasteiger partial charge on any atom is -0.462 e. The van der Waals surface area contributed by atoms with E-state index in [1.807, 2.05) is 0 Å². The molecule has 18 heavy (non-hydrogen) atoms. The van der Waals surface area contributed by atoms with Gasteiger partial charge in [0.05, 0.1) is 6.61 Å². The van der Waals surface area contributed by atoms with E-state index in [4.69, 9.17) is 18.0 Å². The molecule has 6 heteroatoms. The van der Waals surface area contributed by atoms with Crippen LogP contribution in [0.4, 0.5) is 0 Å². The molecule has 1 aliphatic heterocycles. The zero-order valence-electron chi connectivity index (χ0n) is 11.4. The van der Waals surface area contributed by atoms with Gasteiger partial charge in [-0.2, -0.15) is 0 Å². The maximum absolute atomic E-state index is 11.2. The van der Waals surface area contributed by atoms with Crippen LogP contribution in [0.1, 0.15) is 20.3 Å². The predicted octanol–water partition coefficient (Wildman–Crippen LogP) is 1.76. The van der Waals surface area contributed by atoms with Gasteiger partial charge in [-0.1, -0.05) is 13.5 Å². The third-order valence-electron chi connectivity index (χ3n) is 2.70. The smallest absolute Gasteiger partial charge is 0.462 e. The Morgan fingerprint density at radius 2 is 2.06 bits per heavy atom. The van der Waals surface area contributed by atoms with Crippen LogP contribution >= 0.6 is 0 Å². The average molecular weight is 274 g/mol. The van der Waals surface area contributed by atoms with Gasteiger partial charge in [-0.25, -0.2) is 4.79 Å². The molecule has 0 radical (unpaired) electrons. The van der Waals surface area contributed by atoms with E-state index < -0.39 is 8.80 Å². The summed E-state index contributed by atoms with van der Waals surface area (Å²) in [4.78, 5) is 11.2. The van der Waals surface area contributed by atoms with Crippen molar-refractivity contribution < 1.29 is 22.8 Å². The molecular weight excluding hydrogens is 252 g/mol. The molecule has 0 N–H and O–H groups in total. The largest absolute Gasteiger partial charge is 0.500 e. The molecule has 1 saturated heterocycles. The van der Waals surface area contributed by atoms with Crippen LogP contribution in [-0.4, -0.2) is 41.7 Å². The van der Waals surface area contributed by atoms with Crippen molar-refractivity contribution in [3.8, 4) is 0 Å². The second-order valence-electron chi connectivity index (χ2n) is 4.63. The van der Waals surface area contributed by atoms with Crippen LogP contribution in [0.25, 0.3) is 0 Å². The van der Waals surface area contributed by atoms with Gasteiger partial charge in [-0.3, -0.25) is 0 Å². The molecule has 1 aliphatic rings. The maximum Gasteiger partial charge on any atom is 0.500 e. The highest BCUT2D eigenvalue weighted by Gasteiger charge is 2.43. The first-order valence-electron chi connectivity index (χ1n) is 6.15. The molecule has 0 amide bonds. The van der Waals surface area contributed by atoms with E-state index in [0.717, 1.165) is 0 Å². The van der Waals surface area contributed by atoms with Crippen LogP contribution < -0.4 is 0 Å². The van der Waals surface area contributed by atoms with Gasteiger partial charge in [0.2, 0.25) is 0 Å². The maximum atomic E-state index is 11.2. The molecule has 0 bridgehead atoms. The number of carbonyl (C=O) groups is 1. The Hall–Kier alpha value is -0.693. The van der Waals surface area contributed by atoms with Gasteiger partial charge in [0, 0.05) is 37.9 Å². The lowest BCUT2D eigenvalue weighted by Crippen LogP contribution is -2.50. The van der Waals surface area contributed by atoms with Crippen LogP contribution in [0, 0.1) is 5.92 Å². The van der Waals surface area contributed by atoms with Gasteiger partial charge >= 0.3 is 14.8 Å². The lowest BCUT2D eigenvalue weighted by molar-refractivity contribution is -0.139. The first-order valence-corrected chi connectivity index (χ1v) is 8.08. The molecule has 0 saturated carbocycles. The molecule has 1 fully saturated rings. The van der Waals surface area contributed by atoms with Crippen LogP contribution in [0.15, 0.2) is 12.2 Å². The minimum absolute atomic E-state index is 0.339. The van der Waals surface area contributed by atoms with E-state index in [9.17, 15) is 4.79 Å². The molecule has 104 valence electrons. The monoisotopic (exact) mass is 274 g/mol. The van der Waals surface area contributed by atoms with Crippen molar-refractivity contribution in [1.29, 1.82) is 0 Å². The summed E-state index contributed by atoms with van der Waals surface area (Å²) in [6.45, 7) is 8.91. The van der Waals surface area contributed by atoms with Crippen molar-refractivity contribution in [2.24, 2.45) is 5.92 Å². The molecule has 0 aromatic rings. The Kier molecular flexibility index (Phi) is 6.00. The normalized spacial score (nSPS) is 27.8. The summed E-state index contributed by atoms with van der Waals surface area (Å²) in [5, 5.41) is 0. The molecule has 0 unspecified atom stereocenters. The second kappa shape index (κ2) is 7.03. The van der Waals surface area contributed by atoms with E-state index in [1.54, 1.807) is 14.0 Å². The van der Waals surface area contributed by atoms with Crippen molar-refractivity contribution in [3.05, 3.63) is 12.2 Å². The standard InChI is InChI=1S/C12H22O5Si/c1-10(2)12(13)15-6-5-7-18(14-4)16-8-11(3)9-17-18/h11H,1,5-9H2,2-4H3. The van der Waals surface area contributed by atoms with Gasteiger partial charge in [0.1, 0.15) is 0 Å². The summed E-state index contributed by atoms with van der Waals surface area (Å²) in [6.07, 6.45) is 0.674. The van der Waals surface area contributed by atoms with Crippen LogP contribution in [0.5, 0.6) is 0 Å². The lowest BCUT2D eigenvalue weighted by atomic mass is 10.2. The molecule has 0 atom stereocenters. The molecule has 0 aliphatic carbocycles. The van der Waals surface area contributed by atoms with E-state index >= 15 is 0 Å². The molecule has 0 aromatic carbocycles. The SMILES string of the molecule is C=C(C)C(=O)OCCC[Si]1(OC)OCC(C)CO1. The fourth-order valence-corrected chi connectivity index (χ4v) is 4.04.